The van der Waals surface area contributed by atoms with Crippen LogP contribution in [0.3, 0.4) is 0 Å². The second kappa shape index (κ2) is 17.5. The number of benzene rings is 2. The van der Waals surface area contributed by atoms with Gasteiger partial charge in [0.2, 0.25) is 23.4 Å². The smallest absolute Gasteiger partial charge is 0.340 e. The Bertz CT molecular complexity index is 2070. The highest BCUT2D eigenvalue weighted by Crippen LogP contribution is 2.35. The van der Waals surface area contributed by atoms with Crippen molar-refractivity contribution >= 4 is 114 Å². The number of furan rings is 1. The molecule has 252 valence electrons. The molecular formula is C35H29I3N4O7. The van der Waals surface area contributed by atoms with Crippen LogP contribution in [0.5, 0.6) is 5.88 Å². The first kappa shape index (κ1) is 39.3. The second-order valence-corrected chi connectivity index (χ2v) is 13.7. The van der Waals surface area contributed by atoms with E-state index < -0.39 is 23.8 Å². The number of aromatic nitrogens is 2. The zero-order valence-electron chi connectivity index (χ0n) is 26.8. The maximum Gasteiger partial charge on any atom is 0.340 e. The number of fused-ring (bicyclic) bond motifs is 1. The summed E-state index contributed by atoms with van der Waals surface area (Å²) in [6.07, 6.45) is 5.15. The Morgan fingerprint density at radius 1 is 0.857 bits per heavy atom. The van der Waals surface area contributed by atoms with Gasteiger partial charge in [-0.15, -0.1) is 6.42 Å². The molecule has 0 radical (unpaired) electrons. The first-order valence-corrected chi connectivity index (χ1v) is 17.3. The van der Waals surface area contributed by atoms with E-state index in [-0.39, 0.29) is 23.0 Å². The number of terminal acetylenes is 1. The van der Waals surface area contributed by atoms with Crippen molar-refractivity contribution in [3.63, 3.8) is 0 Å². The lowest BCUT2D eigenvalue weighted by Crippen LogP contribution is -2.34. The fraction of sp³-hybridized carbons (Fsp3) is 0.143. The molecule has 3 aromatic heterocycles. The summed E-state index contributed by atoms with van der Waals surface area (Å²) in [4.78, 5) is 54.8. The number of carbonyl (C=O) groups is 4. The number of halogens is 3. The number of hydrogen-bond acceptors (Lipinski definition) is 9. The minimum atomic E-state index is -1.05. The number of aryl methyl sites for hydroxylation is 2. The monoisotopic (exact) mass is 998 g/mol. The number of imide groups is 1. The number of carbonyl (C=O) groups excluding carboxylic acids is 3. The van der Waals surface area contributed by atoms with Crippen molar-refractivity contribution in [3.05, 3.63) is 93.6 Å². The number of ether oxygens (including phenoxy) is 1. The van der Waals surface area contributed by atoms with Gasteiger partial charge in [0.25, 0.3) is 0 Å². The summed E-state index contributed by atoms with van der Waals surface area (Å²) in [5, 5.41) is 9.96. The molecule has 5 rings (SSSR count). The van der Waals surface area contributed by atoms with Crippen LogP contribution in [-0.2, 0) is 14.4 Å². The number of aromatic carboxylic acids is 1. The maximum atomic E-state index is 11.6. The Balaban J connectivity index is 0.000000214. The van der Waals surface area contributed by atoms with Crippen LogP contribution in [0.2, 0.25) is 0 Å². The fourth-order valence-corrected chi connectivity index (χ4v) is 6.35. The summed E-state index contributed by atoms with van der Waals surface area (Å²) in [5.41, 5.74) is 10.1. The number of rotatable bonds is 4. The minimum absolute atomic E-state index is 0.0796. The van der Waals surface area contributed by atoms with E-state index in [1.54, 1.807) is 12.1 Å². The molecule has 0 unspecified atom stereocenters. The molecule has 11 nitrogen and oxygen atoms in total. The molecule has 3 heterocycles. The summed E-state index contributed by atoms with van der Waals surface area (Å²) >= 11 is 5.94. The van der Waals surface area contributed by atoms with Crippen LogP contribution in [0.4, 0.5) is 11.6 Å². The van der Waals surface area contributed by atoms with E-state index in [0.717, 1.165) is 16.0 Å². The molecule has 0 aliphatic rings. The second-order valence-electron chi connectivity index (χ2n) is 10.2. The molecule has 0 saturated heterocycles. The van der Waals surface area contributed by atoms with E-state index in [1.807, 2.05) is 130 Å². The van der Waals surface area contributed by atoms with Crippen LogP contribution < -0.4 is 15.4 Å². The van der Waals surface area contributed by atoms with Crippen LogP contribution in [0.1, 0.15) is 47.8 Å². The van der Waals surface area contributed by atoms with Gasteiger partial charge in [-0.2, -0.15) is 9.97 Å². The molecule has 49 heavy (non-hydrogen) atoms. The van der Waals surface area contributed by atoms with Gasteiger partial charge in [0.1, 0.15) is 11.4 Å². The highest BCUT2D eigenvalue weighted by molar-refractivity contribution is 14.1. The SMILES string of the molecule is C#Cc1ccc(C)cc1.CC(=O)Oc1nc(N(C(C)=O)C(C)=O)c(I)cc1I.Cc1ccc(-c2oc3nc(N)c(I)cc3c2C(=O)O)cc1. The summed E-state index contributed by atoms with van der Waals surface area (Å²) in [5.74, 6) is 0.949. The van der Waals surface area contributed by atoms with Gasteiger partial charge in [-0.05, 0) is 106 Å². The standard InChI is InChI=1S/C15H11IN2O3.C11H10I2N2O4.C9H8/c1-7-2-4-8(5-3-7)12-11(15(19)20)9-6-10(16)13(17)18-14(9)21-12;1-5(16)15(6(2)17)10-8(12)4-9(13)11(14-10)19-7(3)18;1-3-9-6-4-8(2)5-7-9/h2-6H,1H3,(H2,17,18)(H,19,20);4H,1-3H3;1,4-7H,2H3. The van der Waals surface area contributed by atoms with E-state index in [1.165, 1.54) is 26.3 Å². The zero-order valence-corrected chi connectivity index (χ0v) is 33.3. The normalized spacial score (nSPS) is 10.1. The van der Waals surface area contributed by atoms with Gasteiger partial charge in [0.15, 0.2) is 11.6 Å². The summed E-state index contributed by atoms with van der Waals surface area (Å²) in [6, 6.07) is 18.7. The maximum absolute atomic E-state index is 11.6. The molecule has 0 atom stereocenters. The van der Waals surface area contributed by atoms with Gasteiger partial charge >= 0.3 is 11.9 Å². The Kier molecular flexibility index (Phi) is 14.1. The molecule has 2 aromatic carbocycles. The van der Waals surface area contributed by atoms with Gasteiger partial charge in [-0.25, -0.2) is 9.69 Å². The van der Waals surface area contributed by atoms with Crippen molar-refractivity contribution in [2.45, 2.75) is 34.6 Å². The molecule has 0 spiro atoms. The number of nitrogens with two attached hydrogens (primary N) is 1. The molecule has 0 saturated carbocycles. The van der Waals surface area contributed by atoms with Gasteiger partial charge in [-0.3, -0.25) is 14.4 Å². The number of amides is 2. The quantitative estimate of drug-likeness (QED) is 0.103. The Hall–Kier alpha value is -4.09. The molecule has 5 aromatic rings. The molecular weight excluding hydrogens is 969 g/mol. The summed E-state index contributed by atoms with van der Waals surface area (Å²) in [7, 11) is 0. The first-order valence-electron chi connectivity index (χ1n) is 14.1. The first-order chi connectivity index (χ1) is 23.0. The molecule has 0 bridgehead atoms. The number of carboxylic acid groups (broad SMARTS) is 1. The molecule has 3 N–H and O–H groups in total. The van der Waals surface area contributed by atoms with Crippen molar-refractivity contribution in [3.8, 4) is 29.5 Å². The number of esters is 1. The van der Waals surface area contributed by atoms with Gasteiger partial charge < -0.3 is 20.0 Å². The van der Waals surface area contributed by atoms with Gasteiger partial charge in [-0.1, -0.05) is 53.4 Å². The van der Waals surface area contributed by atoms with Crippen LogP contribution in [0.15, 0.2) is 65.1 Å². The largest absolute Gasteiger partial charge is 0.478 e. The number of nitrogen functional groups attached to an aromatic ring is 1. The van der Waals surface area contributed by atoms with Crippen LogP contribution >= 0.6 is 67.8 Å². The average Bonchev–Trinajstić information content (AvgIpc) is 3.39. The summed E-state index contributed by atoms with van der Waals surface area (Å²) in [6.45, 7) is 7.79. The van der Waals surface area contributed by atoms with E-state index in [0.29, 0.717) is 33.2 Å². The number of carboxylic acids is 1. The van der Waals surface area contributed by atoms with E-state index >= 15 is 0 Å². The Morgan fingerprint density at radius 3 is 1.90 bits per heavy atom. The van der Waals surface area contributed by atoms with E-state index in [2.05, 4.69) is 15.9 Å². The van der Waals surface area contributed by atoms with Crippen molar-refractivity contribution in [2.24, 2.45) is 0 Å². The van der Waals surface area contributed by atoms with Crippen molar-refractivity contribution in [1.82, 2.24) is 9.97 Å². The van der Waals surface area contributed by atoms with Gasteiger partial charge in [0, 0.05) is 31.9 Å². The van der Waals surface area contributed by atoms with Crippen LogP contribution in [0, 0.1) is 36.9 Å². The lowest BCUT2D eigenvalue weighted by molar-refractivity contribution is -0.132. The minimum Gasteiger partial charge on any atom is -0.478 e. The third-order valence-corrected chi connectivity index (χ3v) is 8.80. The van der Waals surface area contributed by atoms with Crippen molar-refractivity contribution in [1.29, 1.82) is 0 Å². The molecule has 0 fully saturated rings. The number of hydrogen-bond donors (Lipinski definition) is 2. The zero-order chi connectivity index (χ0) is 36.6. The fourth-order valence-electron chi connectivity index (χ4n) is 4.11. The molecule has 14 heteroatoms. The molecule has 0 aliphatic heterocycles. The third kappa shape index (κ3) is 10.4. The van der Waals surface area contributed by atoms with E-state index in [9.17, 15) is 24.3 Å². The highest BCUT2D eigenvalue weighted by Gasteiger charge is 2.24. The van der Waals surface area contributed by atoms with Crippen LogP contribution in [-0.4, -0.2) is 38.8 Å². The Morgan fingerprint density at radius 2 is 1.41 bits per heavy atom. The number of pyridine rings is 2. The predicted molar refractivity (Wildman–Crippen MR) is 212 cm³/mol. The van der Waals surface area contributed by atoms with Gasteiger partial charge in [0.05, 0.1) is 16.1 Å². The Labute approximate surface area is 323 Å². The third-order valence-electron chi connectivity index (χ3n) is 6.37. The lowest BCUT2D eigenvalue weighted by Gasteiger charge is -2.18. The van der Waals surface area contributed by atoms with Crippen molar-refractivity contribution in [2.75, 3.05) is 10.6 Å². The molecule has 2 amide bonds. The summed E-state index contributed by atoms with van der Waals surface area (Å²) < 4.78 is 12.5. The lowest BCUT2D eigenvalue weighted by atomic mass is 10.1. The average molecular weight is 998 g/mol. The number of anilines is 2. The number of nitrogens with zero attached hydrogens (tertiary/aromatic N) is 3. The predicted octanol–water partition coefficient (Wildman–Crippen LogP) is 7.78. The highest BCUT2D eigenvalue weighted by atomic mass is 127. The van der Waals surface area contributed by atoms with E-state index in [4.69, 9.17) is 21.3 Å². The molecule has 0 aliphatic carbocycles. The van der Waals surface area contributed by atoms with Crippen LogP contribution in [0.25, 0.3) is 22.4 Å². The van der Waals surface area contributed by atoms with Crippen molar-refractivity contribution < 1.29 is 33.4 Å². The topological polar surface area (TPSA) is 166 Å².